The molecule has 0 saturated carbocycles. The van der Waals surface area contributed by atoms with Crippen molar-refractivity contribution in [2.24, 2.45) is 0 Å². The van der Waals surface area contributed by atoms with E-state index in [1.165, 1.54) is 0 Å². The SMILES string of the molecule is N#Cc1c(N2CCOCC2)n[nH]c1NC(=O)c1ccc(Cl)cc1. The predicted octanol–water partition coefficient (Wildman–Crippen LogP) is 2.02. The number of hydrogen-bond acceptors (Lipinski definition) is 5. The van der Waals surface area contributed by atoms with Gasteiger partial charge in [0.25, 0.3) is 5.91 Å². The maximum Gasteiger partial charge on any atom is 0.256 e. The highest BCUT2D eigenvalue weighted by Gasteiger charge is 2.22. The molecule has 8 heteroatoms. The van der Waals surface area contributed by atoms with Gasteiger partial charge in [0.05, 0.1) is 13.2 Å². The van der Waals surface area contributed by atoms with E-state index in [-0.39, 0.29) is 11.7 Å². The number of benzene rings is 1. The third-order valence-electron chi connectivity index (χ3n) is 3.51. The Morgan fingerprint density at radius 1 is 1.35 bits per heavy atom. The molecule has 1 amide bonds. The van der Waals surface area contributed by atoms with Crippen molar-refractivity contribution < 1.29 is 9.53 Å². The van der Waals surface area contributed by atoms with Crippen LogP contribution in [0, 0.1) is 11.3 Å². The van der Waals surface area contributed by atoms with E-state index in [0.717, 1.165) is 0 Å². The lowest BCUT2D eigenvalue weighted by Crippen LogP contribution is -2.36. The molecule has 2 heterocycles. The molecule has 0 unspecified atom stereocenters. The number of aromatic amines is 1. The maximum absolute atomic E-state index is 12.2. The molecule has 1 aromatic heterocycles. The lowest BCUT2D eigenvalue weighted by atomic mass is 10.2. The first-order valence-corrected chi connectivity index (χ1v) is 7.45. The van der Waals surface area contributed by atoms with E-state index < -0.39 is 0 Å². The summed E-state index contributed by atoms with van der Waals surface area (Å²) < 4.78 is 5.29. The highest BCUT2D eigenvalue weighted by molar-refractivity contribution is 6.30. The second-order valence-electron chi connectivity index (χ2n) is 4.97. The van der Waals surface area contributed by atoms with Crippen LogP contribution in [0.1, 0.15) is 15.9 Å². The van der Waals surface area contributed by atoms with E-state index >= 15 is 0 Å². The molecule has 0 spiro atoms. The predicted molar refractivity (Wildman–Crippen MR) is 85.7 cm³/mol. The minimum Gasteiger partial charge on any atom is -0.378 e. The number of halogens is 1. The van der Waals surface area contributed by atoms with E-state index in [0.29, 0.717) is 48.3 Å². The van der Waals surface area contributed by atoms with E-state index in [1.807, 2.05) is 4.90 Å². The molecule has 1 aliphatic rings. The Labute approximate surface area is 137 Å². The highest BCUT2D eigenvalue weighted by Crippen LogP contribution is 2.25. The molecule has 2 N–H and O–H groups in total. The largest absolute Gasteiger partial charge is 0.378 e. The van der Waals surface area contributed by atoms with Crippen LogP contribution in [0.15, 0.2) is 24.3 Å². The third-order valence-corrected chi connectivity index (χ3v) is 3.77. The van der Waals surface area contributed by atoms with E-state index in [2.05, 4.69) is 21.6 Å². The number of carbonyl (C=O) groups excluding carboxylic acids is 1. The van der Waals surface area contributed by atoms with Crippen molar-refractivity contribution in [3.63, 3.8) is 0 Å². The quantitative estimate of drug-likeness (QED) is 0.897. The Morgan fingerprint density at radius 3 is 2.70 bits per heavy atom. The van der Waals surface area contributed by atoms with Gasteiger partial charge in [-0.25, -0.2) is 0 Å². The maximum atomic E-state index is 12.2. The molecule has 0 aliphatic carbocycles. The number of aromatic nitrogens is 2. The lowest BCUT2D eigenvalue weighted by Gasteiger charge is -2.26. The van der Waals surface area contributed by atoms with E-state index in [9.17, 15) is 10.1 Å². The molecule has 0 bridgehead atoms. The number of H-pyrrole nitrogens is 1. The van der Waals surface area contributed by atoms with Gasteiger partial charge in [-0.1, -0.05) is 11.6 Å². The minimum atomic E-state index is -0.338. The zero-order valence-electron chi connectivity index (χ0n) is 12.2. The molecule has 3 rings (SSSR count). The number of morpholine rings is 1. The van der Waals surface area contributed by atoms with Crippen molar-refractivity contribution >= 4 is 29.1 Å². The molecular formula is C15H14ClN5O2. The molecule has 2 aromatic rings. The van der Waals surface area contributed by atoms with Gasteiger partial charge >= 0.3 is 0 Å². The van der Waals surface area contributed by atoms with Crippen LogP contribution in [-0.4, -0.2) is 42.4 Å². The van der Waals surface area contributed by atoms with Crippen LogP contribution < -0.4 is 10.2 Å². The Kier molecular flexibility index (Phi) is 4.46. The summed E-state index contributed by atoms with van der Waals surface area (Å²) in [7, 11) is 0. The van der Waals surface area contributed by atoms with Crippen molar-refractivity contribution in [1.29, 1.82) is 5.26 Å². The number of rotatable bonds is 3. The van der Waals surface area contributed by atoms with Gasteiger partial charge in [0, 0.05) is 23.7 Å². The lowest BCUT2D eigenvalue weighted by molar-refractivity contribution is 0.102. The summed E-state index contributed by atoms with van der Waals surface area (Å²) in [5.74, 6) is 0.478. The van der Waals surface area contributed by atoms with E-state index in [4.69, 9.17) is 16.3 Å². The highest BCUT2D eigenvalue weighted by atomic mass is 35.5. The summed E-state index contributed by atoms with van der Waals surface area (Å²) >= 11 is 5.81. The number of amides is 1. The molecule has 1 saturated heterocycles. The summed E-state index contributed by atoms with van der Waals surface area (Å²) in [4.78, 5) is 14.2. The smallest absolute Gasteiger partial charge is 0.256 e. The van der Waals surface area contributed by atoms with Crippen LogP contribution in [0.3, 0.4) is 0 Å². The van der Waals surface area contributed by atoms with Gasteiger partial charge in [-0.3, -0.25) is 9.89 Å². The van der Waals surface area contributed by atoms with E-state index in [1.54, 1.807) is 24.3 Å². The standard InChI is InChI=1S/C15H14ClN5O2/c16-11-3-1-10(2-4-11)15(22)18-13-12(9-17)14(20-19-13)21-5-7-23-8-6-21/h1-4H,5-8H2,(H2,18,19,20,22). The topological polar surface area (TPSA) is 94.0 Å². The number of anilines is 2. The zero-order chi connectivity index (χ0) is 16.2. The summed E-state index contributed by atoms with van der Waals surface area (Å²) in [5, 5.41) is 19.5. The average molecular weight is 332 g/mol. The normalized spacial score (nSPS) is 14.3. The fourth-order valence-corrected chi connectivity index (χ4v) is 2.45. The van der Waals surface area contributed by atoms with Crippen molar-refractivity contribution in [2.75, 3.05) is 36.5 Å². The third kappa shape index (κ3) is 3.28. The first kappa shape index (κ1) is 15.3. The van der Waals surface area contributed by atoms with Crippen LogP contribution >= 0.6 is 11.6 Å². The minimum absolute atomic E-state index is 0.286. The molecule has 0 radical (unpaired) electrons. The molecule has 23 heavy (non-hydrogen) atoms. The molecular weight excluding hydrogens is 318 g/mol. The summed E-state index contributed by atoms with van der Waals surface area (Å²) in [6.45, 7) is 2.49. The van der Waals surface area contributed by atoms with Crippen molar-refractivity contribution in [1.82, 2.24) is 10.2 Å². The second-order valence-corrected chi connectivity index (χ2v) is 5.41. The number of ether oxygens (including phenoxy) is 1. The Bertz CT molecular complexity index is 744. The van der Waals surface area contributed by atoms with Crippen LogP contribution in [0.4, 0.5) is 11.6 Å². The Hall–Kier alpha value is -2.56. The number of hydrogen-bond donors (Lipinski definition) is 2. The fraction of sp³-hybridized carbons (Fsp3) is 0.267. The van der Waals surface area contributed by atoms with Crippen molar-refractivity contribution in [3.8, 4) is 6.07 Å². The fourth-order valence-electron chi connectivity index (χ4n) is 2.32. The van der Waals surface area contributed by atoms with Gasteiger partial charge < -0.3 is 15.0 Å². The second kappa shape index (κ2) is 6.69. The van der Waals surface area contributed by atoms with Crippen LogP contribution in [0.2, 0.25) is 5.02 Å². The van der Waals surface area contributed by atoms with Gasteiger partial charge in [0.1, 0.15) is 17.5 Å². The average Bonchev–Trinajstić information content (AvgIpc) is 2.98. The zero-order valence-corrected chi connectivity index (χ0v) is 12.9. The molecule has 118 valence electrons. The van der Waals surface area contributed by atoms with Gasteiger partial charge in [-0.15, -0.1) is 0 Å². The van der Waals surface area contributed by atoms with Gasteiger partial charge in [0.15, 0.2) is 5.82 Å². The summed E-state index contributed by atoms with van der Waals surface area (Å²) in [6.07, 6.45) is 0. The summed E-state index contributed by atoms with van der Waals surface area (Å²) in [5.41, 5.74) is 0.759. The molecule has 1 fully saturated rings. The number of nitrogens with zero attached hydrogens (tertiary/aromatic N) is 3. The van der Waals surface area contributed by atoms with Crippen LogP contribution in [-0.2, 0) is 4.74 Å². The van der Waals surface area contributed by atoms with Crippen molar-refractivity contribution in [2.45, 2.75) is 0 Å². The summed E-state index contributed by atoms with van der Waals surface area (Å²) in [6, 6.07) is 8.59. The van der Waals surface area contributed by atoms with Crippen LogP contribution in [0.25, 0.3) is 0 Å². The van der Waals surface area contributed by atoms with Gasteiger partial charge in [-0.05, 0) is 24.3 Å². The first-order valence-electron chi connectivity index (χ1n) is 7.07. The number of nitrogens with one attached hydrogen (secondary N) is 2. The Morgan fingerprint density at radius 2 is 2.04 bits per heavy atom. The Balaban J connectivity index is 1.80. The monoisotopic (exact) mass is 331 g/mol. The first-order chi connectivity index (χ1) is 11.2. The number of nitriles is 1. The van der Waals surface area contributed by atoms with Gasteiger partial charge in [-0.2, -0.15) is 10.4 Å². The van der Waals surface area contributed by atoms with Crippen LogP contribution in [0.5, 0.6) is 0 Å². The van der Waals surface area contributed by atoms with Gasteiger partial charge in [0.2, 0.25) is 0 Å². The molecule has 1 aliphatic heterocycles. The number of carbonyl (C=O) groups is 1. The molecule has 7 nitrogen and oxygen atoms in total. The van der Waals surface area contributed by atoms with Crippen molar-refractivity contribution in [3.05, 3.63) is 40.4 Å². The molecule has 1 aromatic carbocycles. The molecule has 0 atom stereocenters.